The van der Waals surface area contributed by atoms with Gasteiger partial charge in [0.05, 0.1) is 5.69 Å². The first kappa shape index (κ1) is 9.83. The molecule has 15 heavy (non-hydrogen) atoms. The van der Waals surface area contributed by atoms with E-state index < -0.39 is 17.5 Å². The van der Waals surface area contributed by atoms with Crippen LogP contribution in [0.2, 0.25) is 0 Å². The second-order valence-corrected chi connectivity index (χ2v) is 3.23. The fraction of sp³-hybridized carbons (Fsp3) is 0.0909. The Morgan fingerprint density at radius 1 is 1.00 bits per heavy atom. The van der Waals surface area contributed by atoms with Gasteiger partial charge in [0.15, 0.2) is 17.5 Å². The van der Waals surface area contributed by atoms with E-state index in [1.807, 2.05) is 0 Å². The summed E-state index contributed by atoms with van der Waals surface area (Å²) in [6, 6.07) is 5.48. The highest BCUT2D eigenvalue weighted by atomic mass is 19.2. The van der Waals surface area contributed by atoms with Gasteiger partial charge in [0.25, 0.3) is 0 Å². The summed E-state index contributed by atoms with van der Waals surface area (Å²) >= 11 is 0. The fourth-order valence-electron chi connectivity index (χ4n) is 1.46. The Kier molecular flexibility index (Phi) is 2.26. The maximum Gasteiger partial charge on any atom is 0.195 e. The summed E-state index contributed by atoms with van der Waals surface area (Å²) in [6.45, 7) is 0. The molecule has 0 aliphatic rings. The Bertz CT molecular complexity index is 503. The van der Waals surface area contributed by atoms with Gasteiger partial charge in [-0.25, -0.2) is 13.2 Å². The van der Waals surface area contributed by atoms with Gasteiger partial charge in [-0.1, -0.05) is 0 Å². The van der Waals surface area contributed by atoms with Crippen LogP contribution in [-0.4, -0.2) is 4.57 Å². The van der Waals surface area contributed by atoms with Crippen LogP contribution < -0.4 is 0 Å². The van der Waals surface area contributed by atoms with E-state index in [9.17, 15) is 13.2 Å². The molecule has 2 aromatic rings. The monoisotopic (exact) mass is 211 g/mol. The van der Waals surface area contributed by atoms with Crippen LogP contribution in [0.25, 0.3) is 11.3 Å². The van der Waals surface area contributed by atoms with E-state index in [4.69, 9.17) is 0 Å². The molecule has 0 spiro atoms. The predicted octanol–water partition coefficient (Wildman–Crippen LogP) is 3.11. The number of aromatic nitrogens is 1. The lowest BCUT2D eigenvalue weighted by atomic mass is 10.1. The molecule has 1 aromatic carbocycles. The molecular formula is C11H8F3N. The number of hydrogen-bond donors (Lipinski definition) is 0. The molecule has 2 rings (SSSR count). The van der Waals surface area contributed by atoms with Crippen molar-refractivity contribution in [2.45, 2.75) is 0 Å². The number of nitrogens with zero attached hydrogens (tertiary/aromatic N) is 1. The highest BCUT2D eigenvalue weighted by Gasteiger charge is 2.15. The summed E-state index contributed by atoms with van der Waals surface area (Å²) < 4.78 is 40.6. The number of benzene rings is 1. The lowest BCUT2D eigenvalue weighted by Crippen LogP contribution is -1.97. The van der Waals surface area contributed by atoms with Crippen LogP contribution in [0.1, 0.15) is 0 Å². The average Bonchev–Trinajstić information content (AvgIpc) is 2.62. The van der Waals surface area contributed by atoms with Gasteiger partial charge in [-0.05, 0) is 24.3 Å². The summed E-state index contributed by atoms with van der Waals surface area (Å²) in [7, 11) is 1.70. The molecule has 4 heteroatoms. The number of halogens is 3. The Balaban J connectivity index is 2.65. The van der Waals surface area contributed by atoms with Crippen molar-refractivity contribution in [3.8, 4) is 11.3 Å². The maximum absolute atomic E-state index is 13.4. The van der Waals surface area contributed by atoms with E-state index in [1.165, 1.54) is 6.07 Å². The second kappa shape index (κ2) is 3.46. The summed E-state index contributed by atoms with van der Waals surface area (Å²) in [5.41, 5.74) is 0.563. The second-order valence-electron chi connectivity index (χ2n) is 3.23. The SMILES string of the molecule is Cn1cccc1-c1ccc(F)c(F)c1F. The largest absolute Gasteiger partial charge is 0.350 e. The van der Waals surface area contributed by atoms with Gasteiger partial charge < -0.3 is 4.57 Å². The zero-order valence-corrected chi connectivity index (χ0v) is 7.97. The van der Waals surface area contributed by atoms with Crippen LogP contribution in [0.5, 0.6) is 0 Å². The molecule has 0 aliphatic heterocycles. The third-order valence-corrected chi connectivity index (χ3v) is 2.25. The van der Waals surface area contributed by atoms with E-state index in [2.05, 4.69) is 0 Å². The molecule has 0 aliphatic carbocycles. The number of hydrogen-bond acceptors (Lipinski definition) is 0. The molecule has 1 aromatic heterocycles. The Morgan fingerprint density at radius 3 is 2.33 bits per heavy atom. The van der Waals surface area contributed by atoms with Crippen molar-refractivity contribution in [1.82, 2.24) is 4.57 Å². The predicted molar refractivity (Wildman–Crippen MR) is 50.7 cm³/mol. The summed E-state index contributed by atoms with van der Waals surface area (Å²) in [6.07, 6.45) is 1.70. The van der Waals surface area contributed by atoms with Crippen LogP contribution in [0.15, 0.2) is 30.5 Å². The Labute approximate surface area is 84.8 Å². The Morgan fingerprint density at radius 2 is 1.73 bits per heavy atom. The average molecular weight is 211 g/mol. The van der Waals surface area contributed by atoms with Crippen molar-refractivity contribution in [2.75, 3.05) is 0 Å². The minimum absolute atomic E-state index is 0.0569. The van der Waals surface area contributed by atoms with Gasteiger partial charge in [0, 0.05) is 18.8 Å². The van der Waals surface area contributed by atoms with Gasteiger partial charge in [0.1, 0.15) is 0 Å². The third-order valence-electron chi connectivity index (χ3n) is 2.25. The first-order valence-corrected chi connectivity index (χ1v) is 4.36. The molecule has 1 heterocycles. The van der Waals surface area contributed by atoms with Crippen LogP contribution in [0.3, 0.4) is 0 Å². The lowest BCUT2D eigenvalue weighted by Gasteiger charge is -2.05. The normalized spacial score (nSPS) is 10.7. The summed E-state index contributed by atoms with van der Waals surface area (Å²) in [4.78, 5) is 0. The van der Waals surface area contributed by atoms with Crippen LogP contribution >= 0.6 is 0 Å². The highest BCUT2D eigenvalue weighted by molar-refractivity contribution is 5.61. The van der Waals surface area contributed by atoms with Crippen LogP contribution in [0, 0.1) is 17.5 Å². The fourth-order valence-corrected chi connectivity index (χ4v) is 1.46. The zero-order valence-electron chi connectivity index (χ0n) is 7.97. The number of aryl methyl sites for hydroxylation is 1. The van der Waals surface area contributed by atoms with Crippen LogP contribution in [-0.2, 0) is 7.05 Å². The number of rotatable bonds is 1. The summed E-state index contributed by atoms with van der Waals surface area (Å²) in [5, 5.41) is 0. The Hall–Kier alpha value is -1.71. The molecule has 0 atom stereocenters. The van der Waals surface area contributed by atoms with E-state index >= 15 is 0 Å². The van der Waals surface area contributed by atoms with E-state index in [-0.39, 0.29) is 5.56 Å². The molecule has 0 saturated carbocycles. The quantitative estimate of drug-likeness (QED) is 0.639. The van der Waals surface area contributed by atoms with Gasteiger partial charge in [0.2, 0.25) is 0 Å². The standard InChI is InChI=1S/C11H8F3N/c1-15-6-2-3-9(15)7-4-5-8(12)11(14)10(7)13/h2-6H,1H3. The van der Waals surface area contributed by atoms with Crippen molar-refractivity contribution in [3.05, 3.63) is 47.9 Å². The van der Waals surface area contributed by atoms with Gasteiger partial charge in [-0.2, -0.15) is 0 Å². The zero-order chi connectivity index (χ0) is 11.0. The summed E-state index contributed by atoms with van der Waals surface area (Å²) in [5.74, 6) is -3.77. The highest BCUT2D eigenvalue weighted by Crippen LogP contribution is 2.25. The van der Waals surface area contributed by atoms with E-state index in [0.29, 0.717) is 5.69 Å². The maximum atomic E-state index is 13.4. The minimum atomic E-state index is -1.44. The topological polar surface area (TPSA) is 4.93 Å². The van der Waals surface area contributed by atoms with Crippen molar-refractivity contribution >= 4 is 0 Å². The molecule has 0 bridgehead atoms. The van der Waals surface area contributed by atoms with Crippen molar-refractivity contribution in [1.29, 1.82) is 0 Å². The van der Waals surface area contributed by atoms with Gasteiger partial charge >= 0.3 is 0 Å². The molecule has 0 fully saturated rings. The van der Waals surface area contributed by atoms with Crippen molar-refractivity contribution in [3.63, 3.8) is 0 Å². The molecule has 78 valence electrons. The molecule has 1 nitrogen and oxygen atoms in total. The third kappa shape index (κ3) is 1.52. The molecule has 0 unspecified atom stereocenters. The first-order valence-electron chi connectivity index (χ1n) is 4.36. The molecule has 0 amide bonds. The molecule has 0 N–H and O–H groups in total. The molecular weight excluding hydrogens is 203 g/mol. The molecule has 0 saturated heterocycles. The molecule has 0 radical (unpaired) electrons. The van der Waals surface area contributed by atoms with Crippen molar-refractivity contribution < 1.29 is 13.2 Å². The first-order chi connectivity index (χ1) is 7.11. The van der Waals surface area contributed by atoms with Gasteiger partial charge in [-0.15, -0.1) is 0 Å². The van der Waals surface area contributed by atoms with Gasteiger partial charge in [-0.3, -0.25) is 0 Å². The van der Waals surface area contributed by atoms with E-state index in [0.717, 1.165) is 6.07 Å². The van der Waals surface area contributed by atoms with Crippen LogP contribution in [0.4, 0.5) is 13.2 Å². The lowest BCUT2D eigenvalue weighted by molar-refractivity contribution is 0.448. The van der Waals surface area contributed by atoms with E-state index in [1.54, 1.807) is 29.9 Å². The smallest absolute Gasteiger partial charge is 0.195 e. The minimum Gasteiger partial charge on any atom is -0.350 e. The van der Waals surface area contributed by atoms with Crippen molar-refractivity contribution in [2.24, 2.45) is 7.05 Å².